The van der Waals surface area contributed by atoms with Gasteiger partial charge in [-0.05, 0) is 51.4 Å². The first kappa shape index (κ1) is 48.4. The highest BCUT2D eigenvalue weighted by Gasteiger charge is 2.44. The number of ether oxygens (including phenoxy) is 4. The van der Waals surface area contributed by atoms with Crippen LogP contribution in [0.3, 0.4) is 0 Å². The third kappa shape index (κ3) is 25.9. The zero-order valence-electron chi connectivity index (χ0n) is 32.7. The topological polar surface area (TPSA) is 152 Å². The second kappa shape index (κ2) is 33.9. The van der Waals surface area contributed by atoms with Crippen molar-refractivity contribution in [2.45, 2.75) is 179 Å². The third-order valence-corrected chi connectivity index (χ3v) is 8.92. The first-order valence-electron chi connectivity index (χ1n) is 20.4. The molecule has 4 N–H and O–H groups in total. The van der Waals surface area contributed by atoms with Crippen molar-refractivity contribution in [2.24, 2.45) is 0 Å². The van der Waals surface area contributed by atoms with Crippen molar-refractivity contribution in [3.05, 3.63) is 60.8 Å². The Morgan fingerprint density at radius 2 is 1.11 bits per heavy atom. The highest BCUT2D eigenvalue weighted by Crippen LogP contribution is 2.22. The molecule has 1 rings (SSSR count). The van der Waals surface area contributed by atoms with Crippen LogP contribution in [0.15, 0.2) is 60.8 Å². The lowest BCUT2D eigenvalue weighted by molar-refractivity contribution is -0.305. The Morgan fingerprint density at radius 1 is 0.604 bits per heavy atom. The maximum absolute atomic E-state index is 12.7. The van der Waals surface area contributed by atoms with Crippen LogP contribution in [-0.4, -0.2) is 89.0 Å². The summed E-state index contributed by atoms with van der Waals surface area (Å²) in [6, 6.07) is 0. The van der Waals surface area contributed by atoms with Crippen molar-refractivity contribution in [3.63, 3.8) is 0 Å². The van der Waals surface area contributed by atoms with Crippen molar-refractivity contribution in [1.82, 2.24) is 0 Å². The lowest BCUT2D eigenvalue weighted by atomic mass is 9.99. The molecule has 6 atom stereocenters. The van der Waals surface area contributed by atoms with Crippen molar-refractivity contribution in [1.29, 1.82) is 0 Å². The molecule has 0 spiro atoms. The predicted octanol–water partition coefficient (Wildman–Crippen LogP) is 7.88. The summed E-state index contributed by atoms with van der Waals surface area (Å²) in [5, 5.41) is 39.9. The molecular formula is C43H72O10. The number of aliphatic hydroxyl groups excluding tert-OH is 4. The molecule has 1 aliphatic rings. The highest BCUT2D eigenvalue weighted by molar-refractivity contribution is 5.70. The zero-order chi connectivity index (χ0) is 38.8. The number of carbonyl (C=O) groups excluding carboxylic acids is 2. The largest absolute Gasteiger partial charge is 0.462 e. The van der Waals surface area contributed by atoms with Gasteiger partial charge < -0.3 is 39.4 Å². The summed E-state index contributed by atoms with van der Waals surface area (Å²) in [4.78, 5) is 25.2. The number of carbonyl (C=O) groups is 2. The molecule has 1 heterocycles. The minimum atomic E-state index is -1.61. The smallest absolute Gasteiger partial charge is 0.306 e. The number of aliphatic hydroxyl groups is 4. The summed E-state index contributed by atoms with van der Waals surface area (Å²) < 4.78 is 22.0. The van der Waals surface area contributed by atoms with E-state index in [0.29, 0.717) is 12.8 Å². The quantitative estimate of drug-likeness (QED) is 0.0304. The van der Waals surface area contributed by atoms with Crippen LogP contribution >= 0.6 is 0 Å². The SMILES string of the molecule is CC/C=C\C/C=C\C/C=C\C/C=C\C/C=C\CCCC(=O)OC(COC(=O)CCCCCCCCCCCCC)COC1OC(CO)C(O)C(O)C1O. The first-order valence-corrected chi connectivity index (χ1v) is 20.4. The Morgan fingerprint density at radius 3 is 1.66 bits per heavy atom. The fraction of sp³-hybridized carbons (Fsp3) is 0.721. The second-order valence-electron chi connectivity index (χ2n) is 13.7. The van der Waals surface area contributed by atoms with E-state index in [-0.39, 0.29) is 26.1 Å². The van der Waals surface area contributed by atoms with E-state index in [1.165, 1.54) is 44.9 Å². The summed E-state index contributed by atoms with van der Waals surface area (Å²) >= 11 is 0. The van der Waals surface area contributed by atoms with Crippen molar-refractivity contribution in [3.8, 4) is 0 Å². The molecule has 6 unspecified atom stereocenters. The van der Waals surface area contributed by atoms with Gasteiger partial charge in [-0.25, -0.2) is 0 Å². The molecular weight excluding hydrogens is 676 g/mol. The van der Waals surface area contributed by atoms with Crippen LogP contribution in [0.2, 0.25) is 0 Å². The normalized spacial score (nSPS) is 21.5. The molecule has 0 radical (unpaired) electrons. The summed E-state index contributed by atoms with van der Waals surface area (Å²) in [5.41, 5.74) is 0. The molecule has 1 aliphatic heterocycles. The molecule has 0 aromatic rings. The molecule has 0 aliphatic carbocycles. The van der Waals surface area contributed by atoms with Gasteiger partial charge in [0.2, 0.25) is 0 Å². The summed E-state index contributed by atoms with van der Waals surface area (Å²) in [7, 11) is 0. The van der Waals surface area contributed by atoms with Crippen LogP contribution in [0.4, 0.5) is 0 Å². The van der Waals surface area contributed by atoms with Gasteiger partial charge in [-0.2, -0.15) is 0 Å². The molecule has 0 aromatic carbocycles. The number of unbranched alkanes of at least 4 members (excludes halogenated alkanes) is 11. The van der Waals surface area contributed by atoms with E-state index in [1.54, 1.807) is 0 Å². The van der Waals surface area contributed by atoms with Gasteiger partial charge in [0.15, 0.2) is 12.4 Å². The van der Waals surface area contributed by atoms with E-state index < -0.39 is 55.4 Å². The van der Waals surface area contributed by atoms with Crippen LogP contribution in [0.25, 0.3) is 0 Å². The molecule has 53 heavy (non-hydrogen) atoms. The number of hydrogen-bond donors (Lipinski definition) is 4. The van der Waals surface area contributed by atoms with Gasteiger partial charge in [0.05, 0.1) is 13.2 Å². The van der Waals surface area contributed by atoms with Crippen molar-refractivity contribution in [2.75, 3.05) is 19.8 Å². The molecule has 1 fully saturated rings. The maximum atomic E-state index is 12.7. The first-order chi connectivity index (χ1) is 25.8. The van der Waals surface area contributed by atoms with Gasteiger partial charge in [-0.1, -0.05) is 139 Å². The Balaban J connectivity index is 2.43. The summed E-state index contributed by atoms with van der Waals surface area (Å²) in [5.74, 6) is -0.880. The van der Waals surface area contributed by atoms with Gasteiger partial charge in [0.1, 0.15) is 31.0 Å². The number of hydrogen-bond acceptors (Lipinski definition) is 10. The van der Waals surface area contributed by atoms with Gasteiger partial charge in [-0.15, -0.1) is 0 Å². The highest BCUT2D eigenvalue weighted by atomic mass is 16.7. The van der Waals surface area contributed by atoms with Gasteiger partial charge in [0.25, 0.3) is 0 Å². The van der Waals surface area contributed by atoms with E-state index >= 15 is 0 Å². The van der Waals surface area contributed by atoms with Crippen LogP contribution in [0, 0.1) is 0 Å². The number of rotatable bonds is 32. The van der Waals surface area contributed by atoms with Crippen molar-refractivity contribution < 1.29 is 49.0 Å². The van der Waals surface area contributed by atoms with E-state index in [0.717, 1.165) is 57.8 Å². The molecule has 0 saturated carbocycles. The number of allylic oxidation sites excluding steroid dienone is 10. The van der Waals surface area contributed by atoms with E-state index in [4.69, 9.17) is 18.9 Å². The molecule has 10 heteroatoms. The standard InChI is InChI=1S/C43H72O10/c1-3-5-7-9-11-13-15-16-17-18-19-20-22-24-26-28-30-32-39(46)52-36(35-51-43-42(49)41(48)40(47)37(33-44)53-43)34-50-38(45)31-29-27-25-23-21-14-12-10-8-6-4-2/h5,7,11,13,16-17,19-20,24,26,36-37,40-44,47-49H,3-4,6,8-10,12,14-15,18,21-23,25,27-35H2,1-2H3/b7-5-,13-11-,17-16-,20-19-,26-24-. The molecule has 1 saturated heterocycles. The zero-order valence-corrected chi connectivity index (χ0v) is 32.7. The fourth-order valence-electron chi connectivity index (χ4n) is 5.69. The molecule has 0 bridgehead atoms. The second-order valence-corrected chi connectivity index (χ2v) is 13.7. The minimum Gasteiger partial charge on any atom is -0.462 e. The van der Waals surface area contributed by atoms with Gasteiger partial charge in [0, 0.05) is 12.8 Å². The van der Waals surface area contributed by atoms with Crippen LogP contribution in [0.1, 0.15) is 142 Å². The molecule has 304 valence electrons. The molecule has 10 nitrogen and oxygen atoms in total. The Kier molecular flexibility index (Phi) is 31.0. The Hall–Kier alpha value is -2.60. The third-order valence-electron chi connectivity index (χ3n) is 8.92. The molecule has 0 aromatic heterocycles. The van der Waals surface area contributed by atoms with Crippen LogP contribution in [-0.2, 0) is 28.5 Å². The minimum absolute atomic E-state index is 0.150. The maximum Gasteiger partial charge on any atom is 0.306 e. The van der Waals surface area contributed by atoms with Gasteiger partial charge >= 0.3 is 11.9 Å². The number of esters is 2. The summed E-state index contributed by atoms with van der Waals surface area (Å²) in [6.45, 7) is 3.22. The lowest BCUT2D eigenvalue weighted by Gasteiger charge is -2.39. The van der Waals surface area contributed by atoms with Crippen LogP contribution < -0.4 is 0 Å². The average Bonchev–Trinajstić information content (AvgIpc) is 3.15. The van der Waals surface area contributed by atoms with E-state index in [2.05, 4.69) is 68.5 Å². The monoisotopic (exact) mass is 749 g/mol. The van der Waals surface area contributed by atoms with Crippen LogP contribution in [0.5, 0.6) is 0 Å². The average molecular weight is 749 g/mol. The van der Waals surface area contributed by atoms with Gasteiger partial charge in [-0.3, -0.25) is 9.59 Å². The summed E-state index contributed by atoms with van der Waals surface area (Å²) in [6.07, 6.45) is 32.4. The molecule has 0 amide bonds. The lowest BCUT2D eigenvalue weighted by Crippen LogP contribution is -2.59. The predicted molar refractivity (Wildman–Crippen MR) is 210 cm³/mol. The fourth-order valence-corrected chi connectivity index (χ4v) is 5.69. The Labute approximate surface area is 320 Å². The Bertz CT molecular complexity index is 1050. The van der Waals surface area contributed by atoms with E-state index in [1.807, 2.05) is 6.08 Å². The van der Waals surface area contributed by atoms with Crippen molar-refractivity contribution >= 4 is 11.9 Å². The van der Waals surface area contributed by atoms with E-state index in [9.17, 15) is 30.0 Å².